The highest BCUT2D eigenvalue weighted by atomic mass is 16.7. The molecule has 4 rings (SSSR count). The van der Waals surface area contributed by atoms with Crippen LogP contribution in [0.4, 0.5) is 0 Å². The SMILES string of the molecule is CON(C)Cc1ccc(O)c2c1C[C@H]1C[C@@H]3C(N(C)C)C(=O)C(C(N)=O)=C(O)[C@@]3(O)C(=O)C1=C2O. The number of nitrogens with two attached hydrogens (primary N) is 1. The van der Waals surface area contributed by atoms with Gasteiger partial charge in [-0.1, -0.05) is 6.07 Å². The lowest BCUT2D eigenvalue weighted by molar-refractivity contribution is -0.153. The summed E-state index contributed by atoms with van der Waals surface area (Å²) in [5.74, 6) is -6.68. The normalized spacial score (nSPS) is 28.4. The average Bonchev–Trinajstić information content (AvgIpc) is 2.77. The summed E-state index contributed by atoms with van der Waals surface area (Å²) in [7, 11) is 6.34. The molecule has 4 atom stereocenters. The Morgan fingerprint density at radius 2 is 1.86 bits per heavy atom. The largest absolute Gasteiger partial charge is 0.508 e. The zero-order valence-corrected chi connectivity index (χ0v) is 19.9. The predicted octanol–water partition coefficient (Wildman–Crippen LogP) is -0.0428. The number of carbonyl (C=O) groups excluding carboxylic acids is 3. The molecular formula is C24H29N3O8. The molecule has 0 heterocycles. The first-order chi connectivity index (χ1) is 16.4. The number of likely N-dealkylation sites (N-methyl/N-ethyl adjacent to an activating group) is 1. The molecule has 0 bridgehead atoms. The summed E-state index contributed by atoms with van der Waals surface area (Å²) in [4.78, 5) is 45.5. The summed E-state index contributed by atoms with van der Waals surface area (Å²) in [6, 6.07) is 1.98. The standard InChI is InChI=1S/C24H29N3O8/c1-26(2)18-13-8-11-7-12-10(9-27(3)35-4)5-6-14(28)16(12)19(29)15(11)21(31)24(13,34)22(32)17(20(18)30)23(25)33/h5-6,11,13,18,28-29,32,34H,7-9H2,1-4H3,(H2,25,33)/t11-,13+,18?,24-/m0/s1. The maximum absolute atomic E-state index is 13.8. The van der Waals surface area contributed by atoms with Crippen molar-refractivity contribution in [1.82, 2.24) is 9.96 Å². The fourth-order valence-electron chi connectivity index (χ4n) is 5.76. The van der Waals surface area contributed by atoms with Crippen molar-refractivity contribution in [2.24, 2.45) is 17.6 Å². The second-order valence-electron chi connectivity index (χ2n) is 9.53. The molecule has 35 heavy (non-hydrogen) atoms. The molecule has 1 saturated carbocycles. The molecular weight excluding hydrogens is 458 g/mol. The second kappa shape index (κ2) is 8.45. The van der Waals surface area contributed by atoms with E-state index in [0.29, 0.717) is 12.1 Å². The van der Waals surface area contributed by atoms with Gasteiger partial charge in [-0.15, -0.1) is 0 Å². The van der Waals surface area contributed by atoms with Crippen LogP contribution in [0.25, 0.3) is 5.76 Å². The number of hydroxylamine groups is 2. The molecule has 0 aliphatic heterocycles. The number of phenols is 1. The van der Waals surface area contributed by atoms with Gasteiger partial charge in [-0.3, -0.25) is 19.3 Å². The van der Waals surface area contributed by atoms with Crippen LogP contribution in [0.2, 0.25) is 0 Å². The van der Waals surface area contributed by atoms with Crippen molar-refractivity contribution in [2.75, 3.05) is 28.3 Å². The van der Waals surface area contributed by atoms with Crippen LogP contribution in [0.1, 0.15) is 23.1 Å². The number of aromatic hydroxyl groups is 1. The molecule has 1 aromatic carbocycles. The van der Waals surface area contributed by atoms with Crippen molar-refractivity contribution in [3.8, 4) is 5.75 Å². The van der Waals surface area contributed by atoms with Crippen LogP contribution in [0.5, 0.6) is 5.75 Å². The van der Waals surface area contributed by atoms with E-state index >= 15 is 0 Å². The predicted molar refractivity (Wildman–Crippen MR) is 123 cm³/mol. The van der Waals surface area contributed by atoms with E-state index in [1.807, 2.05) is 0 Å². The third kappa shape index (κ3) is 3.46. The van der Waals surface area contributed by atoms with Gasteiger partial charge < -0.3 is 31.0 Å². The zero-order valence-electron chi connectivity index (χ0n) is 19.9. The number of hydrogen-bond acceptors (Lipinski definition) is 10. The molecule has 0 radical (unpaired) electrons. The summed E-state index contributed by atoms with van der Waals surface area (Å²) < 4.78 is 0. The first-order valence-electron chi connectivity index (χ1n) is 11.1. The molecule has 11 heteroatoms. The number of aliphatic hydroxyl groups is 3. The number of phenolic OH excluding ortho intramolecular Hbond substituents is 1. The Kier molecular flexibility index (Phi) is 6.00. The van der Waals surface area contributed by atoms with Gasteiger partial charge in [0.25, 0.3) is 5.91 Å². The number of carbonyl (C=O) groups is 3. The number of fused-ring (bicyclic) bond motifs is 3. The summed E-state index contributed by atoms with van der Waals surface area (Å²) >= 11 is 0. The minimum absolute atomic E-state index is 0.0426. The van der Waals surface area contributed by atoms with Crippen LogP contribution < -0.4 is 5.73 Å². The van der Waals surface area contributed by atoms with Crippen molar-refractivity contribution in [1.29, 1.82) is 0 Å². The quantitative estimate of drug-likeness (QED) is 0.280. The van der Waals surface area contributed by atoms with Crippen molar-refractivity contribution >= 4 is 23.2 Å². The van der Waals surface area contributed by atoms with Crippen molar-refractivity contribution < 1.29 is 39.6 Å². The average molecular weight is 488 g/mol. The van der Waals surface area contributed by atoms with Crippen LogP contribution in [0.3, 0.4) is 0 Å². The second-order valence-corrected chi connectivity index (χ2v) is 9.53. The summed E-state index contributed by atoms with van der Waals surface area (Å²) in [5, 5.41) is 45.7. The molecule has 0 saturated heterocycles. The smallest absolute Gasteiger partial charge is 0.255 e. The van der Waals surface area contributed by atoms with Gasteiger partial charge in [-0.2, -0.15) is 5.06 Å². The Labute approximate surface area is 201 Å². The van der Waals surface area contributed by atoms with Crippen LogP contribution in [0.15, 0.2) is 29.0 Å². The Morgan fingerprint density at radius 1 is 1.20 bits per heavy atom. The van der Waals surface area contributed by atoms with E-state index in [0.717, 1.165) is 5.56 Å². The van der Waals surface area contributed by atoms with E-state index in [2.05, 4.69) is 0 Å². The number of benzene rings is 1. The molecule has 0 spiro atoms. The van der Waals surface area contributed by atoms with Gasteiger partial charge in [0, 0.05) is 25.1 Å². The topological polar surface area (TPSA) is 174 Å². The summed E-state index contributed by atoms with van der Waals surface area (Å²) in [6.07, 6.45) is 0.275. The zero-order chi connectivity index (χ0) is 26.0. The molecule has 3 aliphatic carbocycles. The third-order valence-electron chi connectivity index (χ3n) is 7.41. The van der Waals surface area contributed by atoms with Gasteiger partial charge in [-0.25, -0.2) is 0 Å². The summed E-state index contributed by atoms with van der Waals surface area (Å²) in [6.45, 7) is 0.333. The summed E-state index contributed by atoms with van der Waals surface area (Å²) in [5.41, 5.74) is 3.09. The fraction of sp³-hybridized carbons (Fsp3) is 0.458. The van der Waals surface area contributed by atoms with Gasteiger partial charge in [0.1, 0.15) is 22.8 Å². The monoisotopic (exact) mass is 487 g/mol. The molecule has 0 aromatic heterocycles. The van der Waals surface area contributed by atoms with Gasteiger partial charge >= 0.3 is 0 Å². The van der Waals surface area contributed by atoms with Gasteiger partial charge in [0.15, 0.2) is 11.4 Å². The number of Topliss-reactive ketones (excluding diaryl/α,β-unsaturated/α-hetero) is 2. The lowest BCUT2D eigenvalue weighted by atomic mass is 9.57. The molecule has 6 N–H and O–H groups in total. The molecule has 1 amide bonds. The molecule has 3 aliphatic rings. The van der Waals surface area contributed by atoms with E-state index in [9.17, 15) is 34.8 Å². The first-order valence-corrected chi connectivity index (χ1v) is 11.1. The minimum Gasteiger partial charge on any atom is -0.508 e. The van der Waals surface area contributed by atoms with Gasteiger partial charge in [0.05, 0.1) is 18.7 Å². The highest BCUT2D eigenvalue weighted by molar-refractivity contribution is 6.24. The maximum Gasteiger partial charge on any atom is 0.255 e. The maximum atomic E-state index is 13.8. The Balaban J connectivity index is 1.94. The van der Waals surface area contributed by atoms with Crippen molar-refractivity contribution in [2.45, 2.75) is 31.0 Å². The molecule has 1 aromatic rings. The van der Waals surface area contributed by atoms with E-state index < -0.39 is 58.0 Å². The molecule has 1 unspecified atom stereocenters. The Bertz CT molecular complexity index is 1200. The number of amides is 1. The Morgan fingerprint density at radius 3 is 2.43 bits per heavy atom. The highest BCUT2D eigenvalue weighted by Gasteiger charge is 2.64. The Hall–Kier alpha value is -3.25. The number of hydrogen-bond donors (Lipinski definition) is 5. The third-order valence-corrected chi connectivity index (χ3v) is 7.41. The first kappa shape index (κ1) is 24.9. The van der Waals surface area contributed by atoms with E-state index in [4.69, 9.17) is 10.6 Å². The van der Waals surface area contributed by atoms with Crippen LogP contribution >= 0.6 is 0 Å². The van der Waals surface area contributed by atoms with Gasteiger partial charge in [0.2, 0.25) is 5.78 Å². The van der Waals surface area contributed by atoms with Crippen molar-refractivity contribution in [3.05, 3.63) is 45.7 Å². The van der Waals surface area contributed by atoms with Crippen molar-refractivity contribution in [3.63, 3.8) is 0 Å². The van der Waals surface area contributed by atoms with Crippen LogP contribution in [-0.4, -0.2) is 87.8 Å². The lowest BCUT2D eigenvalue weighted by Gasteiger charge is -2.50. The highest BCUT2D eigenvalue weighted by Crippen LogP contribution is 2.52. The van der Waals surface area contributed by atoms with Gasteiger partial charge in [-0.05, 0) is 50.0 Å². The number of nitrogens with zero attached hydrogens (tertiary/aromatic N) is 2. The fourth-order valence-corrected chi connectivity index (χ4v) is 5.76. The molecule has 1 fully saturated rings. The number of primary amides is 1. The van der Waals surface area contributed by atoms with E-state index in [1.165, 1.54) is 18.1 Å². The van der Waals surface area contributed by atoms with E-state index in [-0.39, 0.29) is 29.7 Å². The minimum atomic E-state index is -2.64. The molecule has 188 valence electrons. The lowest BCUT2D eigenvalue weighted by Crippen LogP contribution is -2.65. The van der Waals surface area contributed by atoms with E-state index in [1.54, 1.807) is 32.3 Å². The number of aliphatic hydroxyl groups excluding tert-OH is 2. The molecule has 11 nitrogen and oxygen atoms in total. The number of rotatable bonds is 5. The van der Waals surface area contributed by atoms with Crippen LogP contribution in [-0.2, 0) is 32.2 Å². The van der Waals surface area contributed by atoms with Crippen LogP contribution in [0, 0.1) is 11.8 Å². The number of ketones is 2.